The highest BCUT2D eigenvalue weighted by atomic mass is 32.2. The molecule has 3 aliphatic heterocycles. The number of rotatable bonds is 4. The van der Waals surface area contributed by atoms with Gasteiger partial charge in [0.25, 0.3) is 10.2 Å². The molecule has 0 radical (unpaired) electrons. The molecule has 9 heteroatoms. The van der Waals surface area contributed by atoms with Crippen LogP contribution in [0.1, 0.15) is 26.2 Å². The van der Waals surface area contributed by atoms with E-state index < -0.39 is 10.2 Å². The van der Waals surface area contributed by atoms with Crippen molar-refractivity contribution >= 4 is 16.1 Å². The summed E-state index contributed by atoms with van der Waals surface area (Å²) in [6.07, 6.45) is 2.95. The largest absolute Gasteiger partial charge is 0.379 e. The number of hydrogen-bond acceptors (Lipinski definition) is 5. The summed E-state index contributed by atoms with van der Waals surface area (Å²) in [6, 6.07) is 0.0692. The standard InChI is InChI=1S/C16H30N4O4S/c1-15-4-2-3-5-20(15)25(22,23)19-8-6-18(7-9-19)16(21)14-17-10-12-24-13-11-17/h15H,2-14H2,1H3. The number of carbonyl (C=O) groups is 1. The number of ether oxygens (including phenoxy) is 1. The molecular weight excluding hydrogens is 344 g/mol. The van der Waals surface area contributed by atoms with Crippen molar-refractivity contribution in [1.82, 2.24) is 18.4 Å². The zero-order valence-electron chi connectivity index (χ0n) is 15.1. The molecule has 0 aromatic rings. The van der Waals surface area contributed by atoms with E-state index in [1.54, 1.807) is 13.5 Å². The van der Waals surface area contributed by atoms with Gasteiger partial charge in [-0.3, -0.25) is 9.69 Å². The minimum Gasteiger partial charge on any atom is -0.379 e. The summed E-state index contributed by atoms with van der Waals surface area (Å²) in [6.45, 7) is 7.65. The fourth-order valence-corrected chi connectivity index (χ4v) is 5.62. The molecule has 3 aliphatic rings. The molecule has 25 heavy (non-hydrogen) atoms. The first-order chi connectivity index (χ1) is 12.0. The van der Waals surface area contributed by atoms with Crippen molar-refractivity contribution in [3.63, 3.8) is 0 Å². The van der Waals surface area contributed by atoms with Crippen LogP contribution in [0.3, 0.4) is 0 Å². The Hall–Kier alpha value is -0.740. The molecule has 1 amide bonds. The Morgan fingerprint density at radius 3 is 2.32 bits per heavy atom. The van der Waals surface area contributed by atoms with Crippen molar-refractivity contribution in [3.8, 4) is 0 Å². The molecule has 0 N–H and O–H groups in total. The van der Waals surface area contributed by atoms with Gasteiger partial charge < -0.3 is 9.64 Å². The van der Waals surface area contributed by atoms with Gasteiger partial charge in [-0.15, -0.1) is 0 Å². The Kier molecular flexibility index (Phi) is 6.32. The van der Waals surface area contributed by atoms with Gasteiger partial charge in [-0.1, -0.05) is 6.42 Å². The van der Waals surface area contributed by atoms with E-state index >= 15 is 0 Å². The Morgan fingerprint density at radius 2 is 1.68 bits per heavy atom. The van der Waals surface area contributed by atoms with Gasteiger partial charge in [-0.2, -0.15) is 17.0 Å². The van der Waals surface area contributed by atoms with Crippen molar-refractivity contribution in [1.29, 1.82) is 0 Å². The van der Waals surface area contributed by atoms with Gasteiger partial charge in [0.15, 0.2) is 0 Å². The number of morpholine rings is 1. The van der Waals surface area contributed by atoms with Crippen molar-refractivity contribution in [2.75, 3.05) is 65.6 Å². The van der Waals surface area contributed by atoms with E-state index in [-0.39, 0.29) is 11.9 Å². The topological polar surface area (TPSA) is 73.4 Å². The van der Waals surface area contributed by atoms with E-state index in [1.165, 1.54) is 0 Å². The molecule has 3 heterocycles. The van der Waals surface area contributed by atoms with Crippen LogP contribution >= 0.6 is 0 Å². The second kappa shape index (κ2) is 8.30. The molecule has 0 saturated carbocycles. The average Bonchev–Trinajstić information content (AvgIpc) is 2.63. The van der Waals surface area contributed by atoms with Gasteiger partial charge in [0.05, 0.1) is 19.8 Å². The average molecular weight is 375 g/mol. The predicted octanol–water partition coefficient (Wildman–Crippen LogP) is -0.418. The fourth-order valence-electron chi connectivity index (χ4n) is 3.78. The molecule has 0 bridgehead atoms. The number of piperazine rings is 1. The van der Waals surface area contributed by atoms with Gasteiger partial charge in [-0.25, -0.2) is 0 Å². The Morgan fingerprint density at radius 1 is 1.00 bits per heavy atom. The number of piperidine rings is 1. The molecule has 0 spiro atoms. The lowest BCUT2D eigenvalue weighted by Crippen LogP contribution is -2.57. The molecule has 0 aromatic carbocycles. The van der Waals surface area contributed by atoms with Crippen LogP contribution in [0, 0.1) is 0 Å². The van der Waals surface area contributed by atoms with Crippen LogP contribution in [0.4, 0.5) is 0 Å². The SMILES string of the molecule is CC1CCCCN1S(=O)(=O)N1CCN(C(=O)CN2CCOCC2)CC1. The Balaban J connectivity index is 1.51. The molecule has 1 unspecified atom stereocenters. The highest BCUT2D eigenvalue weighted by Crippen LogP contribution is 2.23. The van der Waals surface area contributed by atoms with Crippen molar-refractivity contribution in [2.24, 2.45) is 0 Å². The summed E-state index contributed by atoms with van der Waals surface area (Å²) >= 11 is 0. The molecule has 144 valence electrons. The van der Waals surface area contributed by atoms with E-state index in [9.17, 15) is 13.2 Å². The number of carbonyl (C=O) groups excluding carboxylic acids is 1. The van der Waals surface area contributed by atoms with Crippen LogP contribution in [0.5, 0.6) is 0 Å². The molecule has 8 nitrogen and oxygen atoms in total. The summed E-state index contributed by atoms with van der Waals surface area (Å²) in [4.78, 5) is 16.3. The first-order valence-electron chi connectivity index (χ1n) is 9.33. The molecular formula is C16H30N4O4S. The maximum Gasteiger partial charge on any atom is 0.282 e. The van der Waals surface area contributed by atoms with Crippen LogP contribution < -0.4 is 0 Å². The van der Waals surface area contributed by atoms with Gasteiger partial charge in [-0.05, 0) is 19.8 Å². The lowest BCUT2D eigenvalue weighted by Gasteiger charge is -2.40. The number of amides is 1. The van der Waals surface area contributed by atoms with E-state index in [1.807, 2.05) is 6.92 Å². The molecule has 3 fully saturated rings. The zero-order chi connectivity index (χ0) is 17.9. The monoisotopic (exact) mass is 374 g/mol. The normalized spacial score (nSPS) is 28.2. The van der Waals surface area contributed by atoms with Gasteiger partial charge in [0, 0.05) is 51.9 Å². The van der Waals surface area contributed by atoms with E-state index in [0.717, 1.165) is 32.4 Å². The van der Waals surface area contributed by atoms with E-state index in [0.29, 0.717) is 52.5 Å². The summed E-state index contributed by atoms with van der Waals surface area (Å²) in [5.41, 5.74) is 0. The fraction of sp³-hybridized carbons (Fsp3) is 0.938. The van der Waals surface area contributed by atoms with Gasteiger partial charge in [0.1, 0.15) is 0 Å². The molecule has 1 atom stereocenters. The maximum absolute atomic E-state index is 12.9. The van der Waals surface area contributed by atoms with Crippen molar-refractivity contribution < 1.29 is 17.9 Å². The summed E-state index contributed by atoms with van der Waals surface area (Å²) < 4.78 is 34.2. The minimum atomic E-state index is -3.41. The third-order valence-electron chi connectivity index (χ3n) is 5.42. The van der Waals surface area contributed by atoms with Gasteiger partial charge >= 0.3 is 0 Å². The smallest absolute Gasteiger partial charge is 0.282 e. The first-order valence-corrected chi connectivity index (χ1v) is 10.7. The second-order valence-electron chi connectivity index (χ2n) is 7.13. The van der Waals surface area contributed by atoms with Crippen LogP contribution in [0.15, 0.2) is 0 Å². The summed E-state index contributed by atoms with van der Waals surface area (Å²) in [7, 11) is -3.41. The van der Waals surface area contributed by atoms with E-state index in [4.69, 9.17) is 4.74 Å². The first kappa shape index (κ1) is 19.0. The zero-order valence-corrected chi connectivity index (χ0v) is 15.9. The van der Waals surface area contributed by atoms with E-state index in [2.05, 4.69) is 4.90 Å². The minimum absolute atomic E-state index is 0.0692. The highest BCUT2D eigenvalue weighted by molar-refractivity contribution is 7.86. The van der Waals surface area contributed by atoms with Crippen molar-refractivity contribution in [3.05, 3.63) is 0 Å². The number of nitrogens with zero attached hydrogens (tertiary/aromatic N) is 4. The Bertz CT molecular complexity index is 556. The van der Waals surface area contributed by atoms with Crippen LogP contribution in [-0.2, 0) is 19.7 Å². The summed E-state index contributed by atoms with van der Waals surface area (Å²) in [5, 5.41) is 0. The van der Waals surface area contributed by atoms with Gasteiger partial charge in [0.2, 0.25) is 5.91 Å². The lowest BCUT2D eigenvalue weighted by atomic mass is 10.1. The third-order valence-corrected chi connectivity index (χ3v) is 7.57. The molecule has 0 aromatic heterocycles. The second-order valence-corrected chi connectivity index (χ2v) is 9.01. The quantitative estimate of drug-likeness (QED) is 0.668. The third kappa shape index (κ3) is 4.51. The van der Waals surface area contributed by atoms with Crippen molar-refractivity contribution in [2.45, 2.75) is 32.2 Å². The predicted molar refractivity (Wildman–Crippen MR) is 94.4 cm³/mol. The maximum atomic E-state index is 12.9. The molecule has 3 saturated heterocycles. The highest BCUT2D eigenvalue weighted by Gasteiger charge is 2.36. The van der Waals surface area contributed by atoms with Crippen LogP contribution in [0.25, 0.3) is 0 Å². The summed E-state index contributed by atoms with van der Waals surface area (Å²) in [5.74, 6) is 0.0882. The Labute approximate surface area is 150 Å². The molecule has 0 aliphatic carbocycles. The lowest BCUT2D eigenvalue weighted by molar-refractivity contribution is -0.134. The van der Waals surface area contributed by atoms with Crippen LogP contribution in [0.2, 0.25) is 0 Å². The molecule has 3 rings (SSSR count). The van der Waals surface area contributed by atoms with Crippen LogP contribution in [-0.4, -0.2) is 104 Å². The number of hydrogen-bond donors (Lipinski definition) is 0.